The van der Waals surface area contributed by atoms with Gasteiger partial charge in [-0.25, -0.2) is 10.2 Å². The third-order valence-corrected chi connectivity index (χ3v) is 6.77. The molecule has 1 aromatic heterocycles. The third kappa shape index (κ3) is 3.36. The summed E-state index contributed by atoms with van der Waals surface area (Å²) in [7, 11) is 0. The Morgan fingerprint density at radius 2 is 1.91 bits per heavy atom. The second-order valence-corrected chi connectivity index (χ2v) is 8.81. The predicted octanol–water partition coefficient (Wildman–Crippen LogP) is 4.75. The van der Waals surface area contributed by atoms with Gasteiger partial charge in [0.05, 0.1) is 11.4 Å². The van der Waals surface area contributed by atoms with Gasteiger partial charge in [0.2, 0.25) is 0 Å². The fourth-order valence-corrected chi connectivity index (χ4v) is 5.21. The standard InChI is InChI=1S/C26H27N5O/c32-26(28-23-10-6-9-22-25(23)20-7-2-3-8-21(20)27-22)29-31-16-13-18-17-19(11-12-24(18)31)30-14-4-1-5-15-30/h2-3,6-8,10-12,17,27H,1,4-5,9,13-16H2,(H,29,32). The molecule has 0 radical (unpaired) electrons. The lowest BCUT2D eigenvalue weighted by Gasteiger charge is -2.29. The number of carbonyl (C=O) groups is 1. The maximum Gasteiger partial charge on any atom is 0.360 e. The Morgan fingerprint density at radius 3 is 2.81 bits per heavy atom. The van der Waals surface area contributed by atoms with Gasteiger partial charge in [-0.3, -0.25) is 5.01 Å². The molecule has 2 amide bonds. The molecular formula is C26H27N5O. The molecule has 2 aromatic carbocycles. The number of urea groups is 1. The van der Waals surface area contributed by atoms with Crippen molar-refractivity contribution in [1.82, 2.24) is 10.4 Å². The van der Waals surface area contributed by atoms with Crippen LogP contribution in [0.25, 0.3) is 10.9 Å². The molecule has 2 N–H and O–H groups in total. The highest BCUT2D eigenvalue weighted by molar-refractivity contribution is 6.20. The van der Waals surface area contributed by atoms with E-state index >= 15 is 0 Å². The molecule has 32 heavy (non-hydrogen) atoms. The molecule has 0 saturated carbocycles. The van der Waals surface area contributed by atoms with Crippen LogP contribution in [0, 0.1) is 0 Å². The first kappa shape index (κ1) is 19.2. The largest absolute Gasteiger partial charge is 0.372 e. The van der Waals surface area contributed by atoms with Crippen LogP contribution in [0.2, 0.25) is 0 Å². The molecule has 0 bridgehead atoms. The highest BCUT2D eigenvalue weighted by atomic mass is 16.2. The molecule has 0 unspecified atom stereocenters. The zero-order valence-corrected chi connectivity index (χ0v) is 18.1. The second kappa shape index (κ2) is 7.86. The molecule has 2 aliphatic heterocycles. The van der Waals surface area contributed by atoms with Crippen molar-refractivity contribution in [2.24, 2.45) is 4.99 Å². The molecule has 3 aliphatic rings. The average Bonchev–Trinajstić information content (AvgIpc) is 3.41. The van der Waals surface area contributed by atoms with E-state index in [4.69, 9.17) is 0 Å². The lowest BCUT2D eigenvalue weighted by molar-refractivity contribution is 0.248. The molecule has 162 valence electrons. The summed E-state index contributed by atoms with van der Waals surface area (Å²) < 4.78 is 0. The van der Waals surface area contributed by atoms with Crippen molar-refractivity contribution >= 4 is 34.0 Å². The maximum absolute atomic E-state index is 12.9. The zero-order chi connectivity index (χ0) is 21.5. The molecule has 1 fully saturated rings. The molecule has 1 saturated heterocycles. The van der Waals surface area contributed by atoms with Crippen LogP contribution in [-0.2, 0) is 12.8 Å². The van der Waals surface area contributed by atoms with Crippen molar-refractivity contribution in [2.45, 2.75) is 32.1 Å². The smallest absolute Gasteiger partial charge is 0.360 e. The van der Waals surface area contributed by atoms with Gasteiger partial charge in [0, 0.05) is 53.9 Å². The number of carbonyl (C=O) groups excluding carboxylic acids is 1. The fourth-order valence-electron chi connectivity index (χ4n) is 5.21. The second-order valence-electron chi connectivity index (χ2n) is 8.81. The lowest BCUT2D eigenvalue weighted by Crippen LogP contribution is -2.40. The minimum atomic E-state index is -0.337. The van der Waals surface area contributed by atoms with Gasteiger partial charge in [-0.05, 0) is 61.6 Å². The minimum absolute atomic E-state index is 0.337. The molecule has 3 heterocycles. The van der Waals surface area contributed by atoms with Gasteiger partial charge < -0.3 is 9.88 Å². The Hall–Kier alpha value is -3.54. The summed E-state index contributed by atoms with van der Waals surface area (Å²) in [5, 5.41) is 3.04. The van der Waals surface area contributed by atoms with Crippen LogP contribution < -0.4 is 15.3 Å². The van der Waals surface area contributed by atoms with E-state index in [2.05, 4.69) is 56.7 Å². The SMILES string of the molecule is O=C(N=C1C=CCc2[nH]c3ccccc3c21)NN1CCc2cc(N3CCCCC3)ccc21. The fraction of sp³-hybridized carbons (Fsp3) is 0.308. The van der Waals surface area contributed by atoms with Crippen molar-refractivity contribution < 1.29 is 4.79 Å². The van der Waals surface area contributed by atoms with Gasteiger partial charge in [-0.1, -0.05) is 24.3 Å². The summed E-state index contributed by atoms with van der Waals surface area (Å²) in [6.07, 6.45) is 9.63. The van der Waals surface area contributed by atoms with Crippen LogP contribution in [0.3, 0.4) is 0 Å². The molecule has 6 rings (SSSR count). The number of rotatable bonds is 2. The van der Waals surface area contributed by atoms with Crippen LogP contribution in [-0.4, -0.2) is 36.4 Å². The summed E-state index contributed by atoms with van der Waals surface area (Å²) in [6.45, 7) is 3.05. The van der Waals surface area contributed by atoms with Crippen molar-refractivity contribution in [3.8, 4) is 0 Å². The number of aromatic nitrogens is 1. The molecule has 0 atom stereocenters. The number of anilines is 2. The number of benzene rings is 2. The third-order valence-electron chi connectivity index (χ3n) is 6.77. The number of para-hydroxylation sites is 1. The van der Waals surface area contributed by atoms with Crippen molar-refractivity contribution in [3.63, 3.8) is 0 Å². The number of nitrogens with zero attached hydrogens (tertiary/aromatic N) is 3. The summed E-state index contributed by atoms with van der Waals surface area (Å²) in [4.78, 5) is 23.2. The zero-order valence-electron chi connectivity index (χ0n) is 18.1. The van der Waals surface area contributed by atoms with Crippen molar-refractivity contribution in [3.05, 3.63) is 71.4 Å². The summed E-state index contributed by atoms with van der Waals surface area (Å²) in [5.74, 6) is 0. The minimum Gasteiger partial charge on any atom is -0.372 e. The number of allylic oxidation sites excluding steroid dienone is 2. The molecule has 0 spiro atoms. The Balaban J connectivity index is 1.22. The first-order valence-corrected chi connectivity index (χ1v) is 11.6. The summed E-state index contributed by atoms with van der Waals surface area (Å²) >= 11 is 0. The number of fused-ring (bicyclic) bond motifs is 4. The number of H-pyrrole nitrogens is 1. The monoisotopic (exact) mass is 425 g/mol. The number of aliphatic imine (C=N–C) groups is 1. The first-order chi connectivity index (χ1) is 15.8. The normalized spacial score (nSPS) is 18.8. The van der Waals surface area contributed by atoms with Crippen LogP contribution in [0.4, 0.5) is 16.2 Å². The highest BCUT2D eigenvalue weighted by Gasteiger charge is 2.23. The molecule has 3 aromatic rings. The van der Waals surface area contributed by atoms with Crippen LogP contribution in [0.5, 0.6) is 0 Å². The topological polar surface area (TPSA) is 63.7 Å². The Morgan fingerprint density at radius 1 is 1.03 bits per heavy atom. The van der Waals surface area contributed by atoms with E-state index in [1.54, 1.807) is 0 Å². The average molecular weight is 426 g/mol. The highest BCUT2D eigenvalue weighted by Crippen LogP contribution is 2.32. The molecular weight excluding hydrogens is 398 g/mol. The number of piperidine rings is 1. The maximum atomic E-state index is 12.9. The van der Waals surface area contributed by atoms with Crippen molar-refractivity contribution in [2.75, 3.05) is 29.5 Å². The van der Waals surface area contributed by atoms with Gasteiger partial charge in [0.15, 0.2) is 0 Å². The summed E-state index contributed by atoms with van der Waals surface area (Å²) in [5.41, 5.74) is 10.6. The molecule has 6 heteroatoms. The predicted molar refractivity (Wildman–Crippen MR) is 130 cm³/mol. The number of aromatic amines is 1. The number of hydrogen-bond donors (Lipinski definition) is 2. The molecule has 1 aliphatic carbocycles. The van der Waals surface area contributed by atoms with Gasteiger partial charge in [0.1, 0.15) is 0 Å². The van der Waals surface area contributed by atoms with Gasteiger partial charge in [0.25, 0.3) is 0 Å². The Labute approximate surface area is 187 Å². The van der Waals surface area contributed by atoms with E-state index < -0.39 is 0 Å². The number of hydrazine groups is 1. The van der Waals surface area contributed by atoms with E-state index in [9.17, 15) is 4.79 Å². The van der Waals surface area contributed by atoms with Gasteiger partial charge in [-0.15, -0.1) is 0 Å². The first-order valence-electron chi connectivity index (χ1n) is 11.6. The van der Waals surface area contributed by atoms with Crippen molar-refractivity contribution in [1.29, 1.82) is 0 Å². The summed E-state index contributed by atoms with van der Waals surface area (Å²) in [6, 6.07) is 14.4. The van der Waals surface area contributed by atoms with Gasteiger partial charge >= 0.3 is 6.03 Å². The number of nitrogens with one attached hydrogen (secondary N) is 2. The van der Waals surface area contributed by atoms with E-state index in [0.29, 0.717) is 5.71 Å². The molecule has 6 nitrogen and oxygen atoms in total. The van der Waals surface area contributed by atoms with E-state index in [1.807, 2.05) is 23.2 Å². The van der Waals surface area contributed by atoms with Gasteiger partial charge in [-0.2, -0.15) is 4.99 Å². The Bertz CT molecular complexity index is 1250. The number of hydrogen-bond acceptors (Lipinski definition) is 3. The van der Waals surface area contributed by atoms with E-state index in [0.717, 1.165) is 60.3 Å². The van der Waals surface area contributed by atoms with Crippen LogP contribution >= 0.6 is 0 Å². The Kier molecular flexibility index (Phi) is 4.71. The lowest BCUT2D eigenvalue weighted by atomic mass is 9.99. The van der Waals surface area contributed by atoms with Crippen LogP contribution in [0.1, 0.15) is 36.1 Å². The van der Waals surface area contributed by atoms with Crippen LogP contribution in [0.15, 0.2) is 59.6 Å². The van der Waals surface area contributed by atoms with E-state index in [1.165, 1.54) is 30.5 Å². The van der Waals surface area contributed by atoms with E-state index in [-0.39, 0.29) is 6.03 Å². The number of amides is 2. The quantitative estimate of drug-likeness (QED) is 0.623.